The van der Waals surface area contributed by atoms with Crippen LogP contribution in [0.4, 0.5) is 0 Å². The molecule has 2 aliphatic carbocycles. The summed E-state index contributed by atoms with van der Waals surface area (Å²) < 4.78 is 5.26. The number of methoxy groups -OCH3 is 1. The van der Waals surface area contributed by atoms with Crippen molar-refractivity contribution < 1.29 is 9.53 Å². The molecule has 0 aromatic heterocycles. The number of fused-ring (bicyclic) bond motifs is 1. The third-order valence-electron chi connectivity index (χ3n) is 6.00. The molecule has 2 nitrogen and oxygen atoms in total. The maximum atomic E-state index is 10.6. The fourth-order valence-corrected chi connectivity index (χ4v) is 4.73. The second-order valence-corrected chi connectivity index (χ2v) is 7.23. The number of hydrogen-bond donors (Lipinski definition) is 0. The topological polar surface area (TPSA) is 26.3 Å². The minimum atomic E-state index is 0.735. The Balaban J connectivity index is 1.57. The lowest BCUT2D eigenvalue weighted by atomic mass is 9.63. The summed E-state index contributed by atoms with van der Waals surface area (Å²) in [6.07, 6.45) is 11.1. The minimum Gasteiger partial charge on any atom is -0.497 e. The molecular formula is C20H28O2. The van der Waals surface area contributed by atoms with Crippen molar-refractivity contribution in [1.82, 2.24) is 0 Å². The number of aldehydes is 1. The number of carbonyl (C=O) groups excluding carboxylic acids is 1. The summed E-state index contributed by atoms with van der Waals surface area (Å²) in [5, 5.41) is 0. The van der Waals surface area contributed by atoms with Gasteiger partial charge in [-0.15, -0.1) is 0 Å². The van der Waals surface area contributed by atoms with Gasteiger partial charge in [0, 0.05) is 6.42 Å². The van der Waals surface area contributed by atoms with Crippen molar-refractivity contribution >= 4 is 6.29 Å². The van der Waals surface area contributed by atoms with Gasteiger partial charge in [0.05, 0.1) is 7.11 Å². The molecule has 2 fully saturated rings. The van der Waals surface area contributed by atoms with E-state index in [1.165, 1.54) is 44.1 Å². The van der Waals surface area contributed by atoms with Crippen molar-refractivity contribution in [2.75, 3.05) is 7.11 Å². The second kappa shape index (κ2) is 7.30. The Hall–Kier alpha value is -1.31. The zero-order chi connectivity index (χ0) is 15.4. The first kappa shape index (κ1) is 15.6. The van der Waals surface area contributed by atoms with Gasteiger partial charge in [-0.1, -0.05) is 18.6 Å². The summed E-state index contributed by atoms with van der Waals surface area (Å²) in [7, 11) is 1.73. The third kappa shape index (κ3) is 3.53. The number of benzene rings is 1. The van der Waals surface area contributed by atoms with Crippen LogP contribution in [0.2, 0.25) is 0 Å². The average molecular weight is 300 g/mol. The summed E-state index contributed by atoms with van der Waals surface area (Å²) in [5.41, 5.74) is 1.49. The largest absolute Gasteiger partial charge is 0.497 e. The molecule has 1 aromatic carbocycles. The van der Waals surface area contributed by atoms with Gasteiger partial charge < -0.3 is 9.53 Å². The van der Waals surface area contributed by atoms with Gasteiger partial charge in [0.2, 0.25) is 0 Å². The first-order chi connectivity index (χ1) is 10.8. The maximum absolute atomic E-state index is 10.6. The molecule has 120 valence electrons. The molecule has 0 amide bonds. The highest BCUT2D eigenvalue weighted by molar-refractivity contribution is 5.49. The van der Waals surface area contributed by atoms with Crippen LogP contribution >= 0.6 is 0 Å². The van der Waals surface area contributed by atoms with Crippen LogP contribution in [0.3, 0.4) is 0 Å². The predicted molar refractivity (Wildman–Crippen MR) is 89.2 cm³/mol. The van der Waals surface area contributed by atoms with Crippen molar-refractivity contribution in [3.63, 3.8) is 0 Å². The zero-order valence-electron chi connectivity index (χ0n) is 13.7. The predicted octanol–water partition coefficient (Wildman–Crippen LogP) is 4.97. The molecule has 1 unspecified atom stereocenters. The molecule has 0 bridgehead atoms. The lowest BCUT2D eigenvalue weighted by molar-refractivity contribution is -0.108. The Morgan fingerprint density at radius 1 is 1.05 bits per heavy atom. The molecule has 22 heavy (non-hydrogen) atoms. The highest BCUT2D eigenvalue weighted by atomic mass is 16.5. The SMILES string of the molecule is COc1ccc(C2CC[C@@H]3C[C@H](CCC=O)CC[C@@H]3C2)cc1. The first-order valence-electron chi connectivity index (χ1n) is 8.87. The van der Waals surface area contributed by atoms with E-state index in [0.717, 1.165) is 48.5 Å². The fourth-order valence-electron chi connectivity index (χ4n) is 4.73. The van der Waals surface area contributed by atoms with Crippen molar-refractivity contribution in [1.29, 1.82) is 0 Å². The van der Waals surface area contributed by atoms with E-state index in [4.69, 9.17) is 4.74 Å². The van der Waals surface area contributed by atoms with Gasteiger partial charge in [-0.3, -0.25) is 0 Å². The van der Waals surface area contributed by atoms with Gasteiger partial charge in [0.15, 0.2) is 0 Å². The molecule has 0 heterocycles. The van der Waals surface area contributed by atoms with Crippen LogP contribution in [0.25, 0.3) is 0 Å². The van der Waals surface area contributed by atoms with Crippen molar-refractivity contribution in [3.05, 3.63) is 29.8 Å². The van der Waals surface area contributed by atoms with E-state index in [2.05, 4.69) is 24.3 Å². The molecule has 2 heteroatoms. The molecule has 2 saturated carbocycles. The lowest BCUT2D eigenvalue weighted by Crippen LogP contribution is -2.30. The Bertz CT molecular complexity index is 479. The first-order valence-corrected chi connectivity index (χ1v) is 8.87. The third-order valence-corrected chi connectivity index (χ3v) is 6.00. The van der Waals surface area contributed by atoms with E-state index in [1.54, 1.807) is 7.11 Å². The van der Waals surface area contributed by atoms with Gasteiger partial charge >= 0.3 is 0 Å². The van der Waals surface area contributed by atoms with Gasteiger partial charge in [0.25, 0.3) is 0 Å². The fraction of sp³-hybridized carbons (Fsp3) is 0.650. The van der Waals surface area contributed by atoms with E-state index >= 15 is 0 Å². The molecule has 0 aliphatic heterocycles. The molecule has 0 saturated heterocycles. The molecular weight excluding hydrogens is 272 g/mol. The van der Waals surface area contributed by atoms with E-state index in [1.807, 2.05) is 0 Å². The van der Waals surface area contributed by atoms with E-state index in [9.17, 15) is 4.79 Å². The standard InChI is InChI=1S/C20H28O2/c1-22-20-10-8-16(9-11-20)18-7-6-17-13-15(3-2-12-21)4-5-19(17)14-18/h8-12,15,17-19H,2-7,13-14H2,1H3/t15-,17-,18?,19-/m1/s1. The van der Waals surface area contributed by atoms with E-state index in [0.29, 0.717) is 0 Å². The molecule has 2 aliphatic rings. The number of carbonyl (C=O) groups is 1. The second-order valence-electron chi connectivity index (χ2n) is 7.23. The van der Waals surface area contributed by atoms with Crippen molar-refractivity contribution in [2.45, 2.75) is 57.3 Å². The molecule has 0 spiro atoms. The van der Waals surface area contributed by atoms with Gasteiger partial charge in [-0.2, -0.15) is 0 Å². The molecule has 1 aromatic rings. The van der Waals surface area contributed by atoms with Crippen LogP contribution in [-0.4, -0.2) is 13.4 Å². The highest BCUT2D eigenvalue weighted by Crippen LogP contribution is 2.48. The molecule has 4 atom stereocenters. The summed E-state index contributed by atoms with van der Waals surface area (Å²) in [6.45, 7) is 0. The summed E-state index contributed by atoms with van der Waals surface area (Å²) in [5.74, 6) is 4.32. The van der Waals surface area contributed by atoms with Crippen LogP contribution in [0, 0.1) is 17.8 Å². The number of ether oxygens (including phenoxy) is 1. The quantitative estimate of drug-likeness (QED) is 0.717. The Labute approximate surface area is 134 Å². The van der Waals surface area contributed by atoms with Gasteiger partial charge in [-0.25, -0.2) is 0 Å². The Morgan fingerprint density at radius 3 is 2.50 bits per heavy atom. The monoisotopic (exact) mass is 300 g/mol. The Morgan fingerprint density at radius 2 is 1.77 bits per heavy atom. The number of rotatable bonds is 5. The Kier molecular flexibility index (Phi) is 5.17. The molecule has 0 radical (unpaired) electrons. The van der Waals surface area contributed by atoms with Crippen molar-refractivity contribution in [3.8, 4) is 5.75 Å². The summed E-state index contributed by atoms with van der Waals surface area (Å²) in [4.78, 5) is 10.6. The van der Waals surface area contributed by atoms with Gasteiger partial charge in [0.1, 0.15) is 12.0 Å². The molecule has 0 N–H and O–H groups in total. The van der Waals surface area contributed by atoms with Crippen LogP contribution in [-0.2, 0) is 4.79 Å². The van der Waals surface area contributed by atoms with Crippen LogP contribution in [0.5, 0.6) is 5.75 Å². The summed E-state index contributed by atoms with van der Waals surface area (Å²) >= 11 is 0. The van der Waals surface area contributed by atoms with Crippen LogP contribution in [0.15, 0.2) is 24.3 Å². The number of hydrogen-bond acceptors (Lipinski definition) is 2. The van der Waals surface area contributed by atoms with Gasteiger partial charge in [-0.05, 0) is 79.9 Å². The van der Waals surface area contributed by atoms with Crippen molar-refractivity contribution in [2.24, 2.45) is 17.8 Å². The minimum absolute atomic E-state index is 0.735. The normalized spacial score (nSPS) is 31.3. The van der Waals surface area contributed by atoms with Crippen LogP contribution in [0.1, 0.15) is 62.8 Å². The van der Waals surface area contributed by atoms with E-state index < -0.39 is 0 Å². The summed E-state index contributed by atoms with van der Waals surface area (Å²) in [6, 6.07) is 8.69. The lowest BCUT2D eigenvalue weighted by Gasteiger charge is -2.42. The van der Waals surface area contributed by atoms with Crippen LogP contribution < -0.4 is 4.74 Å². The average Bonchev–Trinajstić information content (AvgIpc) is 2.59. The highest BCUT2D eigenvalue weighted by Gasteiger charge is 2.35. The zero-order valence-corrected chi connectivity index (χ0v) is 13.7. The molecule has 3 rings (SSSR count). The maximum Gasteiger partial charge on any atom is 0.120 e. The van der Waals surface area contributed by atoms with E-state index in [-0.39, 0.29) is 0 Å². The smallest absolute Gasteiger partial charge is 0.120 e.